The number of rotatable bonds is 5. The summed E-state index contributed by atoms with van der Waals surface area (Å²) in [6.45, 7) is 4.31. The van der Waals surface area contributed by atoms with Gasteiger partial charge < -0.3 is 15.2 Å². The van der Waals surface area contributed by atoms with Crippen LogP contribution in [0.5, 0.6) is 11.5 Å². The van der Waals surface area contributed by atoms with E-state index in [4.69, 9.17) is 21.4 Å². The molecule has 0 aromatic heterocycles. The van der Waals surface area contributed by atoms with Crippen molar-refractivity contribution in [2.45, 2.75) is 6.92 Å². The van der Waals surface area contributed by atoms with Crippen LogP contribution in [-0.2, 0) is 0 Å². The lowest BCUT2D eigenvalue weighted by molar-refractivity contribution is 0.315. The molecule has 1 rings (SSSR count). The average molecular weight is 216 g/mol. The molecule has 0 aliphatic carbocycles. The Kier molecular flexibility index (Phi) is 4.56. The van der Waals surface area contributed by atoms with Crippen LogP contribution in [0.2, 0.25) is 5.02 Å². The Balaban J connectivity index is 2.42. The van der Waals surface area contributed by atoms with E-state index in [-0.39, 0.29) is 5.75 Å². The zero-order valence-electron chi connectivity index (χ0n) is 8.09. The van der Waals surface area contributed by atoms with Crippen LogP contribution in [-0.4, -0.2) is 24.8 Å². The Morgan fingerprint density at radius 2 is 2.29 bits per heavy atom. The van der Waals surface area contributed by atoms with E-state index in [2.05, 4.69) is 5.32 Å². The maximum atomic E-state index is 9.09. The molecule has 3 nitrogen and oxygen atoms in total. The molecule has 0 heterocycles. The fourth-order valence-corrected chi connectivity index (χ4v) is 1.25. The third-order valence-electron chi connectivity index (χ3n) is 1.70. The molecule has 0 aliphatic heterocycles. The molecule has 14 heavy (non-hydrogen) atoms. The van der Waals surface area contributed by atoms with Crippen LogP contribution < -0.4 is 10.1 Å². The van der Waals surface area contributed by atoms with Crippen LogP contribution >= 0.6 is 11.6 Å². The number of likely N-dealkylation sites (N-methyl/N-ethyl adjacent to an activating group) is 1. The first-order chi connectivity index (χ1) is 6.74. The molecule has 0 bridgehead atoms. The molecule has 0 amide bonds. The number of phenols is 1. The van der Waals surface area contributed by atoms with Crippen LogP contribution in [0.4, 0.5) is 0 Å². The SMILES string of the molecule is CCNCCOc1ccc(O)cc1Cl. The minimum atomic E-state index is 0.147. The van der Waals surface area contributed by atoms with E-state index in [1.807, 2.05) is 6.92 Å². The number of hydrogen-bond acceptors (Lipinski definition) is 3. The molecule has 0 unspecified atom stereocenters. The fourth-order valence-electron chi connectivity index (χ4n) is 1.02. The summed E-state index contributed by atoms with van der Waals surface area (Å²) in [7, 11) is 0. The molecule has 0 saturated carbocycles. The predicted octanol–water partition coefficient (Wildman–Crippen LogP) is 2.03. The Morgan fingerprint density at radius 1 is 1.50 bits per heavy atom. The van der Waals surface area contributed by atoms with Crippen molar-refractivity contribution in [2.75, 3.05) is 19.7 Å². The first-order valence-corrected chi connectivity index (χ1v) is 4.94. The van der Waals surface area contributed by atoms with Crippen molar-refractivity contribution >= 4 is 11.6 Å². The highest BCUT2D eigenvalue weighted by Gasteiger charge is 2.01. The fraction of sp³-hybridized carbons (Fsp3) is 0.400. The second-order valence-electron chi connectivity index (χ2n) is 2.82. The monoisotopic (exact) mass is 215 g/mol. The van der Waals surface area contributed by atoms with Gasteiger partial charge in [0.05, 0.1) is 5.02 Å². The van der Waals surface area contributed by atoms with Crippen molar-refractivity contribution < 1.29 is 9.84 Å². The largest absolute Gasteiger partial charge is 0.508 e. The molecule has 1 aromatic carbocycles. The first kappa shape index (κ1) is 11.1. The Labute approximate surface area is 88.7 Å². The highest BCUT2D eigenvalue weighted by atomic mass is 35.5. The van der Waals surface area contributed by atoms with E-state index >= 15 is 0 Å². The summed E-state index contributed by atoms with van der Waals surface area (Å²) in [5.41, 5.74) is 0. The summed E-state index contributed by atoms with van der Waals surface area (Å²) in [6, 6.07) is 4.67. The van der Waals surface area contributed by atoms with Crippen LogP contribution in [0.25, 0.3) is 0 Å². The maximum Gasteiger partial charge on any atom is 0.138 e. The summed E-state index contributed by atoms with van der Waals surface area (Å²) in [4.78, 5) is 0. The predicted molar refractivity (Wildman–Crippen MR) is 57.2 cm³/mol. The van der Waals surface area contributed by atoms with Gasteiger partial charge >= 0.3 is 0 Å². The van der Waals surface area contributed by atoms with Crippen molar-refractivity contribution in [1.29, 1.82) is 0 Å². The molecule has 78 valence electrons. The van der Waals surface area contributed by atoms with Gasteiger partial charge in [0, 0.05) is 12.6 Å². The van der Waals surface area contributed by atoms with E-state index < -0.39 is 0 Å². The van der Waals surface area contributed by atoms with Crippen LogP contribution in [0, 0.1) is 0 Å². The number of benzene rings is 1. The summed E-state index contributed by atoms with van der Waals surface area (Å²) < 4.78 is 5.39. The first-order valence-electron chi connectivity index (χ1n) is 4.56. The lowest BCUT2D eigenvalue weighted by Crippen LogP contribution is -2.20. The minimum absolute atomic E-state index is 0.147. The molecule has 0 radical (unpaired) electrons. The molecule has 4 heteroatoms. The Hall–Kier alpha value is -0.930. The normalized spacial score (nSPS) is 10.1. The van der Waals surface area contributed by atoms with Gasteiger partial charge in [-0.1, -0.05) is 18.5 Å². The Bertz CT molecular complexity index is 291. The second-order valence-corrected chi connectivity index (χ2v) is 3.22. The van der Waals surface area contributed by atoms with Gasteiger partial charge in [0.15, 0.2) is 0 Å². The topological polar surface area (TPSA) is 41.5 Å². The standard InChI is InChI=1S/C10H14ClNO2/c1-2-12-5-6-14-10-4-3-8(13)7-9(10)11/h3-4,7,12-13H,2,5-6H2,1H3. The molecule has 0 fully saturated rings. The van der Waals surface area contributed by atoms with Gasteiger partial charge in [-0.15, -0.1) is 0 Å². The van der Waals surface area contributed by atoms with E-state index in [1.54, 1.807) is 12.1 Å². The van der Waals surface area contributed by atoms with Crippen molar-refractivity contribution in [3.8, 4) is 11.5 Å². The molecule has 0 atom stereocenters. The third kappa shape index (κ3) is 3.44. The van der Waals surface area contributed by atoms with Gasteiger partial charge in [0.1, 0.15) is 18.1 Å². The highest BCUT2D eigenvalue weighted by molar-refractivity contribution is 6.32. The van der Waals surface area contributed by atoms with Gasteiger partial charge in [-0.2, -0.15) is 0 Å². The molecule has 2 N–H and O–H groups in total. The average Bonchev–Trinajstić information content (AvgIpc) is 2.15. The van der Waals surface area contributed by atoms with E-state index in [9.17, 15) is 0 Å². The van der Waals surface area contributed by atoms with Crippen molar-refractivity contribution in [1.82, 2.24) is 5.32 Å². The van der Waals surface area contributed by atoms with Gasteiger partial charge in [-0.05, 0) is 18.7 Å². The smallest absolute Gasteiger partial charge is 0.138 e. The summed E-state index contributed by atoms with van der Waals surface area (Å²) in [6.07, 6.45) is 0. The molecule has 1 aromatic rings. The van der Waals surface area contributed by atoms with Crippen molar-refractivity contribution in [2.24, 2.45) is 0 Å². The molecular weight excluding hydrogens is 202 g/mol. The van der Waals surface area contributed by atoms with Crippen LogP contribution in [0.15, 0.2) is 18.2 Å². The van der Waals surface area contributed by atoms with E-state index in [0.29, 0.717) is 17.4 Å². The lowest BCUT2D eigenvalue weighted by atomic mass is 10.3. The van der Waals surface area contributed by atoms with Crippen molar-refractivity contribution in [3.05, 3.63) is 23.2 Å². The molecule has 0 saturated heterocycles. The van der Waals surface area contributed by atoms with Crippen molar-refractivity contribution in [3.63, 3.8) is 0 Å². The number of aromatic hydroxyl groups is 1. The number of halogens is 1. The summed E-state index contributed by atoms with van der Waals surface area (Å²) >= 11 is 5.84. The Morgan fingerprint density at radius 3 is 2.93 bits per heavy atom. The third-order valence-corrected chi connectivity index (χ3v) is 2.00. The molecule has 0 spiro atoms. The minimum Gasteiger partial charge on any atom is -0.508 e. The zero-order chi connectivity index (χ0) is 10.4. The summed E-state index contributed by atoms with van der Waals surface area (Å²) in [5.74, 6) is 0.747. The quantitative estimate of drug-likeness (QED) is 0.739. The number of ether oxygens (including phenoxy) is 1. The molecule has 0 aliphatic rings. The second kappa shape index (κ2) is 5.73. The summed E-state index contributed by atoms with van der Waals surface area (Å²) in [5, 5.41) is 12.7. The zero-order valence-corrected chi connectivity index (χ0v) is 8.84. The van der Waals surface area contributed by atoms with Gasteiger partial charge in [0.2, 0.25) is 0 Å². The van der Waals surface area contributed by atoms with Crippen LogP contribution in [0.1, 0.15) is 6.92 Å². The molecular formula is C10H14ClNO2. The number of nitrogens with one attached hydrogen (secondary N) is 1. The maximum absolute atomic E-state index is 9.09. The van der Waals surface area contributed by atoms with Gasteiger partial charge in [-0.25, -0.2) is 0 Å². The van der Waals surface area contributed by atoms with Gasteiger partial charge in [-0.3, -0.25) is 0 Å². The highest BCUT2D eigenvalue weighted by Crippen LogP contribution is 2.27. The number of hydrogen-bond donors (Lipinski definition) is 2. The number of phenolic OH excluding ortho intramolecular Hbond substituents is 1. The van der Waals surface area contributed by atoms with E-state index in [0.717, 1.165) is 13.1 Å². The lowest BCUT2D eigenvalue weighted by Gasteiger charge is -2.08. The van der Waals surface area contributed by atoms with Crippen LogP contribution in [0.3, 0.4) is 0 Å². The van der Waals surface area contributed by atoms with Gasteiger partial charge in [0.25, 0.3) is 0 Å². The van der Waals surface area contributed by atoms with E-state index in [1.165, 1.54) is 6.07 Å².